The van der Waals surface area contributed by atoms with Crippen LogP contribution < -0.4 is 0 Å². The van der Waals surface area contributed by atoms with Crippen LogP contribution in [0.1, 0.15) is 28.5 Å². The third-order valence-electron chi connectivity index (χ3n) is 3.59. The van der Waals surface area contributed by atoms with Crippen molar-refractivity contribution in [2.24, 2.45) is 0 Å². The highest BCUT2D eigenvalue weighted by Gasteiger charge is 2.17. The molecular weight excluding hydrogens is 252 g/mol. The first-order chi connectivity index (χ1) is 9.43. The number of fused-ring (bicyclic) bond motifs is 1. The Labute approximate surface area is 119 Å². The van der Waals surface area contributed by atoms with E-state index in [-0.39, 0.29) is 0 Å². The zero-order chi connectivity index (χ0) is 14.9. The number of nitrogens with zero attached hydrogens (tertiary/aromatic N) is 2. The number of carbonyl (C=O) groups is 1. The zero-order valence-electron chi connectivity index (χ0n) is 12.6. The fourth-order valence-electron chi connectivity index (χ4n) is 2.65. The average Bonchev–Trinajstić information content (AvgIpc) is 2.73. The van der Waals surface area contributed by atoms with Gasteiger partial charge in [0.1, 0.15) is 5.69 Å². The van der Waals surface area contributed by atoms with E-state index in [1.165, 1.54) is 11.1 Å². The molecule has 4 nitrogen and oxygen atoms in total. The minimum atomic E-state index is -0.861. The van der Waals surface area contributed by atoms with E-state index in [0.717, 1.165) is 23.9 Å². The number of aromatic nitrogens is 1. The first-order valence-electron chi connectivity index (χ1n) is 6.94. The molecule has 1 aromatic carbocycles. The van der Waals surface area contributed by atoms with Gasteiger partial charge in [-0.2, -0.15) is 0 Å². The maximum absolute atomic E-state index is 11.5. The van der Waals surface area contributed by atoms with Gasteiger partial charge in [0.05, 0.1) is 5.52 Å². The van der Waals surface area contributed by atoms with E-state index < -0.39 is 5.97 Å². The van der Waals surface area contributed by atoms with Crippen molar-refractivity contribution >= 4 is 16.9 Å². The largest absolute Gasteiger partial charge is 0.477 e. The van der Waals surface area contributed by atoms with E-state index in [9.17, 15) is 9.90 Å². The minimum absolute atomic E-state index is 0.377. The zero-order valence-corrected chi connectivity index (χ0v) is 12.6. The molecule has 20 heavy (non-hydrogen) atoms. The van der Waals surface area contributed by atoms with Gasteiger partial charge in [-0.05, 0) is 45.1 Å². The van der Waals surface area contributed by atoms with Gasteiger partial charge in [0.15, 0.2) is 0 Å². The Bertz CT molecular complexity index is 641. The molecule has 2 aromatic rings. The van der Waals surface area contributed by atoms with Gasteiger partial charge in [-0.25, -0.2) is 4.79 Å². The van der Waals surface area contributed by atoms with Gasteiger partial charge in [-0.3, -0.25) is 0 Å². The fourth-order valence-corrected chi connectivity index (χ4v) is 2.65. The molecule has 0 bridgehead atoms. The lowest BCUT2D eigenvalue weighted by molar-refractivity contribution is 0.0685. The number of likely N-dealkylation sites (N-methyl/N-ethyl adjacent to an activating group) is 1. The summed E-state index contributed by atoms with van der Waals surface area (Å²) in [5.74, 6) is -0.861. The molecule has 4 heteroatoms. The van der Waals surface area contributed by atoms with Gasteiger partial charge in [0.25, 0.3) is 0 Å². The van der Waals surface area contributed by atoms with E-state index in [1.54, 1.807) is 6.07 Å². The summed E-state index contributed by atoms with van der Waals surface area (Å²) in [4.78, 5) is 13.6. The maximum atomic E-state index is 11.5. The van der Waals surface area contributed by atoms with Crippen LogP contribution in [0.2, 0.25) is 0 Å². The number of benzene rings is 1. The van der Waals surface area contributed by atoms with E-state index in [4.69, 9.17) is 0 Å². The van der Waals surface area contributed by atoms with Gasteiger partial charge in [-0.1, -0.05) is 18.6 Å². The van der Waals surface area contributed by atoms with Gasteiger partial charge in [-0.15, -0.1) is 0 Å². The lowest BCUT2D eigenvalue weighted by Gasteiger charge is -2.15. The lowest BCUT2D eigenvalue weighted by Crippen LogP contribution is -2.20. The first-order valence-corrected chi connectivity index (χ1v) is 6.94. The molecule has 0 aliphatic heterocycles. The van der Waals surface area contributed by atoms with Crippen molar-refractivity contribution in [2.75, 3.05) is 20.6 Å². The molecule has 2 rings (SSSR count). The molecule has 1 N–H and O–H groups in total. The molecule has 1 heterocycles. The van der Waals surface area contributed by atoms with Gasteiger partial charge < -0.3 is 14.6 Å². The molecule has 0 radical (unpaired) electrons. The van der Waals surface area contributed by atoms with Crippen LogP contribution >= 0.6 is 0 Å². The van der Waals surface area contributed by atoms with E-state index in [1.807, 2.05) is 18.7 Å². The molecule has 0 unspecified atom stereocenters. The number of aromatic carboxylic acids is 1. The van der Waals surface area contributed by atoms with Crippen molar-refractivity contribution in [3.8, 4) is 0 Å². The number of hydrogen-bond acceptors (Lipinski definition) is 2. The van der Waals surface area contributed by atoms with Crippen LogP contribution in [0.5, 0.6) is 0 Å². The highest BCUT2D eigenvalue weighted by atomic mass is 16.4. The SMILES string of the molecule is CCc1cc(C)cc2cc(C(=O)O)n(CCN(C)C)c12. The van der Waals surface area contributed by atoms with Crippen LogP contribution in [0.25, 0.3) is 10.9 Å². The highest BCUT2D eigenvalue weighted by molar-refractivity contribution is 5.96. The summed E-state index contributed by atoms with van der Waals surface area (Å²) < 4.78 is 1.94. The van der Waals surface area contributed by atoms with Crippen LogP contribution in [0, 0.1) is 6.92 Å². The molecule has 108 valence electrons. The molecule has 0 aliphatic rings. The summed E-state index contributed by atoms with van der Waals surface area (Å²) in [5, 5.41) is 10.5. The third kappa shape index (κ3) is 2.70. The molecule has 0 atom stereocenters. The highest BCUT2D eigenvalue weighted by Crippen LogP contribution is 2.26. The van der Waals surface area contributed by atoms with Crippen LogP contribution in [-0.2, 0) is 13.0 Å². The second-order valence-corrected chi connectivity index (χ2v) is 5.51. The van der Waals surface area contributed by atoms with Crippen molar-refractivity contribution in [2.45, 2.75) is 26.8 Å². The number of carboxylic acid groups (broad SMARTS) is 1. The summed E-state index contributed by atoms with van der Waals surface area (Å²) in [5.41, 5.74) is 3.84. The minimum Gasteiger partial charge on any atom is -0.477 e. The Morgan fingerprint density at radius 1 is 1.30 bits per heavy atom. The first kappa shape index (κ1) is 14.6. The third-order valence-corrected chi connectivity index (χ3v) is 3.59. The Balaban J connectivity index is 2.66. The number of rotatable bonds is 5. The van der Waals surface area contributed by atoms with Crippen LogP contribution in [-0.4, -0.2) is 41.2 Å². The normalized spacial score (nSPS) is 11.4. The predicted molar refractivity (Wildman–Crippen MR) is 81.6 cm³/mol. The van der Waals surface area contributed by atoms with E-state index in [2.05, 4.69) is 30.9 Å². The molecule has 0 spiro atoms. The second kappa shape index (κ2) is 5.67. The average molecular weight is 274 g/mol. The van der Waals surface area contributed by atoms with Crippen molar-refractivity contribution in [3.05, 3.63) is 35.0 Å². The van der Waals surface area contributed by atoms with E-state index in [0.29, 0.717) is 12.2 Å². The lowest BCUT2D eigenvalue weighted by atomic mass is 10.1. The van der Waals surface area contributed by atoms with Crippen molar-refractivity contribution < 1.29 is 9.90 Å². The summed E-state index contributed by atoms with van der Waals surface area (Å²) >= 11 is 0. The van der Waals surface area contributed by atoms with Crippen LogP contribution in [0.3, 0.4) is 0 Å². The van der Waals surface area contributed by atoms with Gasteiger partial charge in [0.2, 0.25) is 0 Å². The van der Waals surface area contributed by atoms with Gasteiger partial charge >= 0.3 is 5.97 Å². The number of aryl methyl sites for hydroxylation is 2. The quantitative estimate of drug-likeness (QED) is 0.912. The summed E-state index contributed by atoms with van der Waals surface area (Å²) in [6.07, 6.45) is 0.906. The molecule has 0 amide bonds. The number of carboxylic acids is 1. The van der Waals surface area contributed by atoms with E-state index >= 15 is 0 Å². The predicted octanol–water partition coefficient (Wildman–Crippen LogP) is 2.77. The standard InChI is InChI=1S/C16H22N2O2/c1-5-12-8-11(2)9-13-10-14(16(19)20)18(15(12)13)7-6-17(3)4/h8-10H,5-7H2,1-4H3,(H,19,20). The molecule has 1 aromatic heterocycles. The molecule has 0 fully saturated rings. The maximum Gasteiger partial charge on any atom is 0.352 e. The van der Waals surface area contributed by atoms with Crippen molar-refractivity contribution in [1.29, 1.82) is 0 Å². The second-order valence-electron chi connectivity index (χ2n) is 5.51. The van der Waals surface area contributed by atoms with Gasteiger partial charge in [0, 0.05) is 18.5 Å². The van der Waals surface area contributed by atoms with Crippen LogP contribution in [0.15, 0.2) is 18.2 Å². The topological polar surface area (TPSA) is 45.5 Å². The Morgan fingerprint density at radius 2 is 2.00 bits per heavy atom. The van der Waals surface area contributed by atoms with Crippen molar-refractivity contribution in [1.82, 2.24) is 9.47 Å². The molecule has 0 saturated carbocycles. The van der Waals surface area contributed by atoms with Crippen LogP contribution in [0.4, 0.5) is 0 Å². The monoisotopic (exact) mass is 274 g/mol. The summed E-state index contributed by atoms with van der Waals surface area (Å²) in [6.45, 7) is 5.67. The summed E-state index contributed by atoms with van der Waals surface area (Å²) in [6, 6.07) is 6.01. The van der Waals surface area contributed by atoms with Crippen molar-refractivity contribution in [3.63, 3.8) is 0 Å². The molecular formula is C16H22N2O2. The Hall–Kier alpha value is -1.81. The Kier molecular flexibility index (Phi) is 4.14. The summed E-state index contributed by atoms with van der Waals surface area (Å²) in [7, 11) is 3.99. The molecule has 0 aliphatic carbocycles. The Morgan fingerprint density at radius 3 is 2.55 bits per heavy atom. The molecule has 0 saturated heterocycles. The smallest absolute Gasteiger partial charge is 0.352 e. The number of hydrogen-bond donors (Lipinski definition) is 1. The fraction of sp³-hybridized carbons (Fsp3) is 0.438.